The van der Waals surface area contributed by atoms with E-state index in [0.29, 0.717) is 25.4 Å². The van der Waals surface area contributed by atoms with Gasteiger partial charge in [-0.15, -0.1) is 0 Å². The molecule has 25 heavy (non-hydrogen) atoms. The third kappa shape index (κ3) is 3.35. The first-order chi connectivity index (χ1) is 11.9. The van der Waals surface area contributed by atoms with Crippen LogP contribution in [0.5, 0.6) is 5.88 Å². The third-order valence-corrected chi connectivity index (χ3v) is 4.69. The molecule has 7 heteroatoms. The van der Waals surface area contributed by atoms with Gasteiger partial charge in [-0.2, -0.15) is 0 Å². The van der Waals surface area contributed by atoms with E-state index in [1.807, 2.05) is 24.3 Å². The van der Waals surface area contributed by atoms with Crippen LogP contribution in [0.25, 0.3) is 10.9 Å². The Kier molecular flexibility index (Phi) is 4.48. The van der Waals surface area contributed by atoms with Crippen LogP contribution in [-0.2, 0) is 11.3 Å². The number of para-hydroxylation sites is 1. The second-order valence-electron chi connectivity index (χ2n) is 6.54. The summed E-state index contributed by atoms with van der Waals surface area (Å²) < 4.78 is 5.22. The maximum atomic E-state index is 12.4. The molecule has 1 fully saturated rings. The van der Waals surface area contributed by atoms with Gasteiger partial charge in [0.2, 0.25) is 5.88 Å². The number of hydrogen-bond donors (Lipinski definition) is 2. The Balaban J connectivity index is 1.73. The molecule has 2 heterocycles. The van der Waals surface area contributed by atoms with Crippen molar-refractivity contribution in [3.8, 4) is 5.88 Å². The lowest BCUT2D eigenvalue weighted by Gasteiger charge is -2.20. The molecule has 0 radical (unpaired) electrons. The lowest BCUT2D eigenvalue weighted by atomic mass is 9.90. The highest BCUT2D eigenvalue weighted by molar-refractivity contribution is 5.84. The van der Waals surface area contributed by atoms with E-state index in [2.05, 4.69) is 10.3 Å². The SMILES string of the molecule is COc1cc(CNC(=O)N2CCC(C)(C(=O)O)C2)c2ccccc2n1. The number of fused-ring (bicyclic) bond motifs is 1. The average molecular weight is 343 g/mol. The van der Waals surface area contributed by atoms with E-state index in [4.69, 9.17) is 4.74 Å². The molecular weight excluding hydrogens is 322 g/mol. The molecule has 0 aliphatic carbocycles. The Morgan fingerprint density at radius 3 is 2.84 bits per heavy atom. The first-order valence-corrected chi connectivity index (χ1v) is 8.12. The summed E-state index contributed by atoms with van der Waals surface area (Å²) in [4.78, 5) is 29.6. The second-order valence-corrected chi connectivity index (χ2v) is 6.54. The summed E-state index contributed by atoms with van der Waals surface area (Å²) >= 11 is 0. The Morgan fingerprint density at radius 2 is 2.16 bits per heavy atom. The van der Waals surface area contributed by atoms with E-state index in [9.17, 15) is 14.7 Å². The lowest BCUT2D eigenvalue weighted by Crippen LogP contribution is -2.40. The normalized spacial score (nSPS) is 19.8. The molecule has 2 aromatic rings. The molecule has 3 rings (SSSR count). The Morgan fingerprint density at radius 1 is 1.40 bits per heavy atom. The number of urea groups is 1. The van der Waals surface area contributed by atoms with Crippen LogP contribution in [0.3, 0.4) is 0 Å². The van der Waals surface area contributed by atoms with Gasteiger partial charge in [0.1, 0.15) is 0 Å². The highest BCUT2D eigenvalue weighted by Crippen LogP contribution is 2.30. The molecule has 0 spiro atoms. The molecule has 2 N–H and O–H groups in total. The summed E-state index contributed by atoms with van der Waals surface area (Å²) in [5, 5.41) is 13.1. The van der Waals surface area contributed by atoms with Crippen molar-refractivity contribution in [3.63, 3.8) is 0 Å². The number of aliphatic carboxylic acids is 1. The number of methoxy groups -OCH3 is 1. The fraction of sp³-hybridized carbons (Fsp3) is 0.389. The minimum Gasteiger partial charge on any atom is -0.481 e. The fourth-order valence-electron chi connectivity index (χ4n) is 3.06. The zero-order chi connectivity index (χ0) is 18.0. The van der Waals surface area contributed by atoms with Gasteiger partial charge in [0, 0.05) is 31.1 Å². The molecule has 2 amide bonds. The van der Waals surface area contributed by atoms with Crippen LogP contribution in [0.15, 0.2) is 30.3 Å². The van der Waals surface area contributed by atoms with Gasteiger partial charge in [0.25, 0.3) is 0 Å². The van der Waals surface area contributed by atoms with Crippen LogP contribution in [0, 0.1) is 5.41 Å². The number of carbonyl (C=O) groups excluding carboxylic acids is 1. The molecule has 1 aliphatic rings. The third-order valence-electron chi connectivity index (χ3n) is 4.69. The zero-order valence-electron chi connectivity index (χ0n) is 14.3. The molecule has 1 aromatic carbocycles. The number of benzene rings is 1. The summed E-state index contributed by atoms with van der Waals surface area (Å²) in [5.74, 6) is -0.379. The second kappa shape index (κ2) is 6.58. The van der Waals surface area contributed by atoms with E-state index in [1.54, 1.807) is 25.0 Å². The molecule has 1 saturated heterocycles. The van der Waals surface area contributed by atoms with E-state index in [1.165, 1.54) is 0 Å². The molecule has 1 aliphatic heterocycles. The maximum Gasteiger partial charge on any atom is 0.317 e. The number of amides is 2. The van der Waals surface area contributed by atoms with Gasteiger partial charge in [-0.05, 0) is 25.0 Å². The van der Waals surface area contributed by atoms with Crippen molar-refractivity contribution < 1.29 is 19.4 Å². The summed E-state index contributed by atoms with van der Waals surface area (Å²) in [5.41, 5.74) is 0.825. The van der Waals surface area contributed by atoms with Crippen LogP contribution in [0.2, 0.25) is 0 Å². The first-order valence-electron chi connectivity index (χ1n) is 8.12. The van der Waals surface area contributed by atoms with Gasteiger partial charge >= 0.3 is 12.0 Å². The maximum absolute atomic E-state index is 12.4. The van der Waals surface area contributed by atoms with E-state index < -0.39 is 11.4 Å². The molecule has 0 saturated carbocycles. The van der Waals surface area contributed by atoms with Gasteiger partial charge < -0.3 is 20.1 Å². The van der Waals surface area contributed by atoms with Crippen molar-refractivity contribution in [2.45, 2.75) is 19.9 Å². The highest BCUT2D eigenvalue weighted by atomic mass is 16.5. The minimum atomic E-state index is -0.871. The molecule has 1 atom stereocenters. The monoisotopic (exact) mass is 343 g/mol. The predicted molar refractivity (Wildman–Crippen MR) is 92.5 cm³/mol. The number of carboxylic acids is 1. The quantitative estimate of drug-likeness (QED) is 0.888. The number of rotatable bonds is 4. The molecule has 0 bridgehead atoms. The zero-order valence-corrected chi connectivity index (χ0v) is 14.3. The molecule has 7 nitrogen and oxygen atoms in total. The average Bonchev–Trinajstić information content (AvgIpc) is 3.03. The van der Waals surface area contributed by atoms with Gasteiger partial charge in [0.05, 0.1) is 18.0 Å². The topological polar surface area (TPSA) is 91.8 Å². The number of carbonyl (C=O) groups is 2. The van der Waals surface area contributed by atoms with Crippen molar-refractivity contribution in [2.24, 2.45) is 5.41 Å². The van der Waals surface area contributed by atoms with Crippen LogP contribution in [0.4, 0.5) is 4.79 Å². The summed E-state index contributed by atoms with van der Waals surface area (Å²) in [6.45, 7) is 2.64. The van der Waals surface area contributed by atoms with Gasteiger partial charge in [-0.3, -0.25) is 4.79 Å². The fourth-order valence-corrected chi connectivity index (χ4v) is 3.06. The predicted octanol–water partition coefficient (Wildman–Crippen LogP) is 2.25. The van der Waals surface area contributed by atoms with Crippen LogP contribution in [-0.4, -0.2) is 47.2 Å². The largest absolute Gasteiger partial charge is 0.481 e. The van der Waals surface area contributed by atoms with Crippen molar-refractivity contribution in [1.82, 2.24) is 15.2 Å². The van der Waals surface area contributed by atoms with Crippen molar-refractivity contribution in [3.05, 3.63) is 35.9 Å². The first kappa shape index (κ1) is 17.0. The Bertz CT molecular complexity index is 823. The Hall–Kier alpha value is -2.83. The highest BCUT2D eigenvalue weighted by Gasteiger charge is 2.42. The van der Waals surface area contributed by atoms with Gasteiger partial charge in [0.15, 0.2) is 0 Å². The summed E-state index contributed by atoms with van der Waals surface area (Å²) in [7, 11) is 1.55. The molecule has 1 aromatic heterocycles. The summed E-state index contributed by atoms with van der Waals surface area (Å²) in [6.07, 6.45) is 0.460. The standard InChI is InChI=1S/C18H21N3O4/c1-18(16(22)23)7-8-21(11-18)17(24)19-10-12-9-15(25-2)20-14-6-4-3-5-13(12)14/h3-6,9H,7-8,10-11H2,1-2H3,(H,19,24)(H,22,23). The van der Waals surface area contributed by atoms with Gasteiger partial charge in [-0.25, -0.2) is 9.78 Å². The van der Waals surface area contributed by atoms with Crippen LogP contribution < -0.4 is 10.1 Å². The number of pyridine rings is 1. The smallest absolute Gasteiger partial charge is 0.317 e. The van der Waals surface area contributed by atoms with E-state index in [0.717, 1.165) is 16.5 Å². The molecular formula is C18H21N3O4. The number of carboxylic acid groups (broad SMARTS) is 1. The van der Waals surface area contributed by atoms with Crippen LogP contribution >= 0.6 is 0 Å². The van der Waals surface area contributed by atoms with Crippen LogP contribution in [0.1, 0.15) is 18.9 Å². The summed E-state index contributed by atoms with van der Waals surface area (Å²) in [6, 6.07) is 9.19. The van der Waals surface area contributed by atoms with E-state index >= 15 is 0 Å². The van der Waals surface area contributed by atoms with Crippen molar-refractivity contribution in [1.29, 1.82) is 0 Å². The number of likely N-dealkylation sites (tertiary alicyclic amines) is 1. The lowest BCUT2D eigenvalue weighted by molar-refractivity contribution is -0.147. The van der Waals surface area contributed by atoms with Crippen molar-refractivity contribution >= 4 is 22.9 Å². The van der Waals surface area contributed by atoms with Gasteiger partial charge in [-0.1, -0.05) is 18.2 Å². The number of hydrogen-bond acceptors (Lipinski definition) is 4. The minimum absolute atomic E-state index is 0.217. The number of aromatic nitrogens is 1. The number of nitrogens with zero attached hydrogens (tertiary/aromatic N) is 2. The van der Waals surface area contributed by atoms with Crippen molar-refractivity contribution in [2.75, 3.05) is 20.2 Å². The Labute approximate surface area is 145 Å². The molecule has 1 unspecified atom stereocenters. The molecule has 132 valence electrons. The van der Waals surface area contributed by atoms with E-state index in [-0.39, 0.29) is 12.6 Å². The number of nitrogens with one attached hydrogen (secondary N) is 1. The number of ether oxygens (including phenoxy) is 1.